The zero-order chi connectivity index (χ0) is 15.1. The Hall–Kier alpha value is -1.23. The summed E-state index contributed by atoms with van der Waals surface area (Å²) in [6, 6.07) is 5.08. The Morgan fingerprint density at radius 1 is 1.10 bits per heavy atom. The molecule has 0 bridgehead atoms. The molecule has 2 nitrogen and oxygen atoms in total. The van der Waals surface area contributed by atoms with Crippen molar-refractivity contribution in [2.45, 2.75) is 57.3 Å². The molecule has 5 heteroatoms. The zero-order valence-electron chi connectivity index (χ0n) is 11.9. The number of benzene rings is 1. The largest absolute Gasteiger partial charge is 0.573 e. The number of halogens is 3. The van der Waals surface area contributed by atoms with E-state index in [4.69, 9.17) is 5.73 Å². The summed E-state index contributed by atoms with van der Waals surface area (Å²) in [6.45, 7) is 5.90. The number of hydrogen-bond donors (Lipinski definition) is 1. The lowest BCUT2D eigenvalue weighted by molar-refractivity contribution is -0.274. The molecule has 2 rings (SSSR count). The molecule has 1 fully saturated rings. The summed E-state index contributed by atoms with van der Waals surface area (Å²) >= 11 is 0. The third-order valence-corrected chi connectivity index (χ3v) is 3.67. The van der Waals surface area contributed by atoms with Gasteiger partial charge in [0.25, 0.3) is 0 Å². The minimum atomic E-state index is -4.66. The summed E-state index contributed by atoms with van der Waals surface area (Å²) in [6.07, 6.45) is -3.03. The third-order valence-electron chi connectivity index (χ3n) is 3.67. The van der Waals surface area contributed by atoms with E-state index < -0.39 is 6.36 Å². The van der Waals surface area contributed by atoms with Gasteiger partial charge in [0, 0.05) is 6.04 Å². The monoisotopic (exact) mass is 287 g/mol. The molecule has 0 aromatic heterocycles. The van der Waals surface area contributed by atoms with Crippen LogP contribution in [0, 0.1) is 0 Å². The maximum absolute atomic E-state index is 12.4. The van der Waals surface area contributed by atoms with Gasteiger partial charge in [0.05, 0.1) is 0 Å². The van der Waals surface area contributed by atoms with Gasteiger partial charge in [-0.05, 0) is 47.4 Å². The highest BCUT2D eigenvalue weighted by molar-refractivity contribution is 5.40. The maximum Gasteiger partial charge on any atom is 0.573 e. The van der Waals surface area contributed by atoms with Crippen LogP contribution in [0.3, 0.4) is 0 Å². The van der Waals surface area contributed by atoms with E-state index in [9.17, 15) is 13.2 Å². The van der Waals surface area contributed by atoms with Crippen LogP contribution >= 0.6 is 0 Å². The first-order chi connectivity index (χ1) is 9.04. The van der Waals surface area contributed by atoms with Gasteiger partial charge in [-0.25, -0.2) is 0 Å². The van der Waals surface area contributed by atoms with Gasteiger partial charge < -0.3 is 10.5 Å². The SMILES string of the molecule is CC(C)(C)c1cc(OC(F)(F)F)cc(C2CC(N)C2)c1. The summed E-state index contributed by atoms with van der Waals surface area (Å²) in [5, 5.41) is 0. The van der Waals surface area contributed by atoms with E-state index in [1.54, 1.807) is 0 Å². The van der Waals surface area contributed by atoms with Crippen LogP contribution in [0.1, 0.15) is 50.7 Å². The molecule has 0 unspecified atom stereocenters. The lowest BCUT2D eigenvalue weighted by atomic mass is 9.74. The van der Waals surface area contributed by atoms with Gasteiger partial charge in [-0.2, -0.15) is 0 Å². The fraction of sp³-hybridized carbons (Fsp3) is 0.600. The highest BCUT2D eigenvalue weighted by atomic mass is 19.4. The molecule has 0 saturated heterocycles. The van der Waals surface area contributed by atoms with Crippen LogP contribution in [-0.2, 0) is 5.41 Å². The molecule has 20 heavy (non-hydrogen) atoms. The van der Waals surface area contributed by atoms with Crippen LogP contribution in [0.5, 0.6) is 5.75 Å². The molecule has 1 aliphatic carbocycles. The van der Waals surface area contributed by atoms with Crippen molar-refractivity contribution in [1.82, 2.24) is 0 Å². The number of alkyl halides is 3. The van der Waals surface area contributed by atoms with Crippen molar-refractivity contribution in [2.24, 2.45) is 5.73 Å². The second-order valence-electron chi connectivity index (χ2n) is 6.52. The Morgan fingerprint density at radius 3 is 2.15 bits per heavy atom. The van der Waals surface area contributed by atoms with Crippen molar-refractivity contribution in [3.63, 3.8) is 0 Å². The van der Waals surface area contributed by atoms with Gasteiger partial charge >= 0.3 is 6.36 Å². The predicted molar refractivity (Wildman–Crippen MR) is 71.8 cm³/mol. The summed E-state index contributed by atoms with van der Waals surface area (Å²) in [7, 11) is 0. The Kier molecular flexibility index (Phi) is 3.75. The number of rotatable bonds is 2. The summed E-state index contributed by atoms with van der Waals surface area (Å²) < 4.78 is 41.3. The molecule has 112 valence electrons. The second kappa shape index (κ2) is 4.95. The molecule has 0 amide bonds. The van der Waals surface area contributed by atoms with Gasteiger partial charge in [-0.3, -0.25) is 0 Å². The van der Waals surface area contributed by atoms with Crippen molar-refractivity contribution in [3.05, 3.63) is 29.3 Å². The van der Waals surface area contributed by atoms with Crippen molar-refractivity contribution >= 4 is 0 Å². The molecule has 0 heterocycles. The van der Waals surface area contributed by atoms with Crippen molar-refractivity contribution in [2.75, 3.05) is 0 Å². The van der Waals surface area contributed by atoms with E-state index >= 15 is 0 Å². The minimum absolute atomic E-state index is 0.139. The average Bonchev–Trinajstić information content (AvgIpc) is 2.20. The van der Waals surface area contributed by atoms with E-state index in [2.05, 4.69) is 4.74 Å². The highest BCUT2D eigenvalue weighted by Crippen LogP contribution is 2.40. The topological polar surface area (TPSA) is 35.2 Å². The Bertz CT molecular complexity index is 485. The summed E-state index contributed by atoms with van der Waals surface area (Å²) in [5.41, 5.74) is 7.26. The smallest absolute Gasteiger partial charge is 0.406 e. The van der Waals surface area contributed by atoms with Crippen molar-refractivity contribution in [1.29, 1.82) is 0 Å². The molecule has 0 atom stereocenters. The molecule has 2 N–H and O–H groups in total. The molecular weight excluding hydrogens is 267 g/mol. The Morgan fingerprint density at radius 2 is 1.70 bits per heavy atom. The van der Waals surface area contributed by atoms with Crippen LogP contribution in [0.4, 0.5) is 13.2 Å². The van der Waals surface area contributed by atoms with E-state index in [1.807, 2.05) is 26.8 Å². The maximum atomic E-state index is 12.4. The molecule has 1 aromatic carbocycles. The number of ether oxygens (including phenoxy) is 1. The normalized spacial score (nSPS) is 23.4. The molecule has 0 aliphatic heterocycles. The predicted octanol–water partition coefficient (Wildman–Crippen LogP) is 4.09. The zero-order valence-corrected chi connectivity index (χ0v) is 11.9. The van der Waals surface area contributed by atoms with Gasteiger partial charge in [0.2, 0.25) is 0 Å². The lowest BCUT2D eigenvalue weighted by Gasteiger charge is -2.34. The molecule has 1 aliphatic rings. The first kappa shape index (κ1) is 15.2. The van der Waals surface area contributed by atoms with Crippen molar-refractivity contribution < 1.29 is 17.9 Å². The van der Waals surface area contributed by atoms with Gasteiger partial charge in [-0.15, -0.1) is 13.2 Å². The average molecular weight is 287 g/mol. The molecular formula is C15H20F3NO. The summed E-state index contributed by atoms with van der Waals surface area (Å²) in [5.74, 6) is 0.100. The molecule has 0 radical (unpaired) electrons. The van der Waals surface area contributed by atoms with Crippen LogP contribution in [0.15, 0.2) is 18.2 Å². The van der Waals surface area contributed by atoms with Gasteiger partial charge in [-0.1, -0.05) is 26.8 Å². The van der Waals surface area contributed by atoms with Gasteiger partial charge in [0.1, 0.15) is 5.75 Å². The first-order valence-corrected chi connectivity index (χ1v) is 6.71. The van der Waals surface area contributed by atoms with E-state index in [-0.39, 0.29) is 23.1 Å². The molecule has 0 spiro atoms. The highest BCUT2D eigenvalue weighted by Gasteiger charge is 2.33. The standard InChI is InChI=1S/C15H20F3NO/c1-14(2,3)11-4-9(10-5-12(19)6-10)7-13(8-11)20-15(16,17)18/h4,7-8,10,12H,5-6,19H2,1-3H3. The van der Waals surface area contributed by atoms with Crippen LogP contribution in [0.2, 0.25) is 0 Å². The molecule has 1 aromatic rings. The first-order valence-electron chi connectivity index (χ1n) is 6.71. The number of nitrogens with two attached hydrogens (primary N) is 1. The van der Waals surface area contributed by atoms with E-state index in [0.29, 0.717) is 0 Å². The van der Waals surface area contributed by atoms with Crippen LogP contribution in [0.25, 0.3) is 0 Å². The van der Waals surface area contributed by atoms with E-state index in [1.165, 1.54) is 12.1 Å². The van der Waals surface area contributed by atoms with Crippen molar-refractivity contribution in [3.8, 4) is 5.75 Å². The second-order valence-corrected chi connectivity index (χ2v) is 6.52. The Labute approximate surface area is 117 Å². The van der Waals surface area contributed by atoms with Gasteiger partial charge in [0.15, 0.2) is 0 Å². The quantitative estimate of drug-likeness (QED) is 0.889. The van der Waals surface area contributed by atoms with Crippen LogP contribution < -0.4 is 10.5 Å². The lowest BCUT2D eigenvalue weighted by Crippen LogP contribution is -2.34. The van der Waals surface area contributed by atoms with E-state index in [0.717, 1.165) is 24.0 Å². The third kappa shape index (κ3) is 3.66. The Balaban J connectivity index is 2.34. The number of hydrogen-bond acceptors (Lipinski definition) is 2. The fourth-order valence-corrected chi connectivity index (χ4v) is 2.42. The molecule has 1 saturated carbocycles. The van der Waals surface area contributed by atoms with Crippen LogP contribution in [-0.4, -0.2) is 12.4 Å². The summed E-state index contributed by atoms with van der Waals surface area (Å²) in [4.78, 5) is 0. The fourth-order valence-electron chi connectivity index (χ4n) is 2.42. The minimum Gasteiger partial charge on any atom is -0.406 e.